The first-order valence-corrected chi connectivity index (χ1v) is 9.82. The van der Waals surface area contributed by atoms with Crippen LogP contribution in [0.4, 0.5) is 9.18 Å². The number of aliphatic hydroxyl groups excluding tert-OH is 1. The molecule has 1 heterocycles. The Bertz CT molecular complexity index is 846. The molecular formula is C22H26FN3O3. The fraction of sp³-hybridized carbons (Fsp3) is 0.364. The fourth-order valence-corrected chi connectivity index (χ4v) is 3.85. The molecule has 0 saturated carbocycles. The molecule has 154 valence electrons. The maximum Gasteiger partial charge on any atom is 0.318 e. The molecule has 0 radical (unpaired) electrons. The van der Waals surface area contributed by atoms with Gasteiger partial charge in [-0.1, -0.05) is 43.3 Å². The van der Waals surface area contributed by atoms with Crippen LogP contribution in [0.2, 0.25) is 0 Å². The highest BCUT2D eigenvalue weighted by Crippen LogP contribution is 2.40. The maximum atomic E-state index is 13.4. The lowest BCUT2D eigenvalue weighted by Crippen LogP contribution is -2.70. The van der Waals surface area contributed by atoms with E-state index in [-0.39, 0.29) is 42.7 Å². The molecule has 1 saturated heterocycles. The Kier molecular flexibility index (Phi) is 6.82. The first-order chi connectivity index (χ1) is 14.1. The van der Waals surface area contributed by atoms with Crippen molar-refractivity contribution in [3.63, 3.8) is 0 Å². The molecule has 0 aliphatic carbocycles. The summed E-state index contributed by atoms with van der Waals surface area (Å²) in [5.74, 6) is -0.997. The Morgan fingerprint density at radius 2 is 1.83 bits per heavy atom. The molecule has 3 N–H and O–H groups in total. The number of urea groups is 1. The molecule has 3 rings (SSSR count). The van der Waals surface area contributed by atoms with Gasteiger partial charge in [0.2, 0.25) is 0 Å². The van der Waals surface area contributed by atoms with Crippen molar-refractivity contribution in [3.05, 3.63) is 71.5 Å². The lowest BCUT2D eigenvalue weighted by atomic mass is 9.75. The molecule has 1 aliphatic heterocycles. The van der Waals surface area contributed by atoms with E-state index in [0.717, 1.165) is 12.0 Å². The van der Waals surface area contributed by atoms with E-state index in [1.54, 1.807) is 4.90 Å². The van der Waals surface area contributed by atoms with Gasteiger partial charge in [-0.05, 0) is 30.2 Å². The minimum Gasteiger partial charge on any atom is -0.394 e. The smallest absolute Gasteiger partial charge is 0.318 e. The van der Waals surface area contributed by atoms with Crippen LogP contribution in [0.25, 0.3) is 0 Å². The van der Waals surface area contributed by atoms with Crippen molar-refractivity contribution in [2.24, 2.45) is 0 Å². The molecule has 0 spiro atoms. The van der Waals surface area contributed by atoms with E-state index in [2.05, 4.69) is 10.6 Å². The third-order valence-electron chi connectivity index (χ3n) is 5.23. The number of nitrogens with zero attached hydrogens (tertiary/aromatic N) is 1. The van der Waals surface area contributed by atoms with Crippen LogP contribution in [-0.2, 0) is 0 Å². The normalized spacial score (nSPS) is 20.7. The Balaban J connectivity index is 1.77. The predicted octanol–water partition coefficient (Wildman–Crippen LogP) is 2.50. The quantitative estimate of drug-likeness (QED) is 0.669. The minimum absolute atomic E-state index is 0.110. The Morgan fingerprint density at radius 3 is 2.48 bits per heavy atom. The average molecular weight is 399 g/mol. The molecule has 3 atom stereocenters. The van der Waals surface area contributed by atoms with Crippen molar-refractivity contribution < 1.29 is 19.1 Å². The second-order valence-corrected chi connectivity index (χ2v) is 7.11. The molecule has 7 heteroatoms. The van der Waals surface area contributed by atoms with Crippen molar-refractivity contribution in [3.8, 4) is 0 Å². The molecule has 2 aromatic rings. The van der Waals surface area contributed by atoms with Crippen molar-refractivity contribution in [2.75, 3.05) is 19.7 Å². The Hall–Kier alpha value is -2.93. The van der Waals surface area contributed by atoms with Gasteiger partial charge in [0.25, 0.3) is 5.91 Å². The second kappa shape index (κ2) is 9.52. The molecule has 0 unspecified atom stereocenters. The van der Waals surface area contributed by atoms with Crippen LogP contribution in [0.3, 0.4) is 0 Å². The number of rotatable bonds is 7. The number of nitrogens with one attached hydrogen (secondary N) is 2. The zero-order valence-corrected chi connectivity index (χ0v) is 16.3. The highest BCUT2D eigenvalue weighted by atomic mass is 19.1. The van der Waals surface area contributed by atoms with Gasteiger partial charge in [0.1, 0.15) is 5.82 Å². The standard InChI is InChI=1S/C22H26FN3O3/c1-2-11-24-22(29)26-18(13-25-21(28)16-9-6-10-17(23)12-16)20(19(26)14-27)15-7-4-3-5-8-15/h3-10,12,18-20,27H,2,11,13-14H2,1H3,(H,24,29)(H,25,28)/t18-,19-,20+/m1/s1. The van der Waals surface area contributed by atoms with E-state index in [4.69, 9.17) is 0 Å². The summed E-state index contributed by atoms with van der Waals surface area (Å²) in [5.41, 5.74) is 1.22. The van der Waals surface area contributed by atoms with Crippen molar-refractivity contribution in [1.82, 2.24) is 15.5 Å². The summed E-state index contributed by atoms with van der Waals surface area (Å²) in [6, 6.07) is 14.2. The Morgan fingerprint density at radius 1 is 1.07 bits per heavy atom. The minimum atomic E-state index is -0.482. The zero-order chi connectivity index (χ0) is 20.8. The zero-order valence-electron chi connectivity index (χ0n) is 16.3. The third-order valence-corrected chi connectivity index (χ3v) is 5.23. The van der Waals surface area contributed by atoms with Crippen LogP contribution in [0.1, 0.15) is 35.2 Å². The molecule has 0 bridgehead atoms. The van der Waals surface area contributed by atoms with Gasteiger partial charge in [-0.25, -0.2) is 9.18 Å². The van der Waals surface area contributed by atoms with Gasteiger partial charge in [-0.15, -0.1) is 0 Å². The van der Waals surface area contributed by atoms with E-state index >= 15 is 0 Å². The van der Waals surface area contributed by atoms with E-state index in [9.17, 15) is 19.1 Å². The number of carbonyl (C=O) groups excluding carboxylic acids is 2. The van der Waals surface area contributed by atoms with Crippen molar-refractivity contribution in [2.45, 2.75) is 31.3 Å². The molecule has 1 fully saturated rings. The summed E-state index contributed by atoms with van der Waals surface area (Å²) >= 11 is 0. The number of carbonyl (C=O) groups is 2. The summed E-state index contributed by atoms with van der Waals surface area (Å²) in [4.78, 5) is 26.7. The second-order valence-electron chi connectivity index (χ2n) is 7.11. The molecule has 1 aliphatic rings. The summed E-state index contributed by atoms with van der Waals surface area (Å²) in [6.45, 7) is 2.52. The van der Waals surface area contributed by atoms with Gasteiger partial charge >= 0.3 is 6.03 Å². The third kappa shape index (κ3) is 4.56. The molecule has 2 aromatic carbocycles. The predicted molar refractivity (Wildman–Crippen MR) is 108 cm³/mol. The van der Waals surface area contributed by atoms with Gasteiger partial charge < -0.3 is 20.6 Å². The van der Waals surface area contributed by atoms with E-state index in [1.807, 2.05) is 37.3 Å². The first-order valence-electron chi connectivity index (χ1n) is 9.82. The van der Waals surface area contributed by atoms with Crippen molar-refractivity contribution in [1.29, 1.82) is 0 Å². The highest BCUT2D eigenvalue weighted by Gasteiger charge is 2.51. The molecule has 3 amide bonds. The van der Waals surface area contributed by atoms with Gasteiger partial charge in [-0.3, -0.25) is 4.79 Å². The average Bonchev–Trinajstić information content (AvgIpc) is 2.72. The fourth-order valence-electron chi connectivity index (χ4n) is 3.85. The van der Waals surface area contributed by atoms with E-state index in [0.29, 0.717) is 6.54 Å². The number of amides is 3. The van der Waals surface area contributed by atoms with Crippen LogP contribution in [0.15, 0.2) is 54.6 Å². The monoisotopic (exact) mass is 399 g/mol. The van der Waals surface area contributed by atoms with Crippen LogP contribution in [0.5, 0.6) is 0 Å². The number of likely N-dealkylation sites (tertiary alicyclic amines) is 1. The van der Waals surface area contributed by atoms with Crippen molar-refractivity contribution >= 4 is 11.9 Å². The van der Waals surface area contributed by atoms with E-state index in [1.165, 1.54) is 24.3 Å². The highest BCUT2D eigenvalue weighted by molar-refractivity contribution is 5.94. The van der Waals surface area contributed by atoms with Gasteiger partial charge in [0, 0.05) is 24.6 Å². The molecular weight excluding hydrogens is 373 g/mol. The molecule has 0 aromatic heterocycles. The lowest BCUT2D eigenvalue weighted by molar-refractivity contribution is -0.00687. The molecule has 6 nitrogen and oxygen atoms in total. The first kappa shape index (κ1) is 20.8. The summed E-state index contributed by atoms with van der Waals surface area (Å²) in [6.07, 6.45) is 0.798. The number of hydrogen-bond donors (Lipinski definition) is 3. The summed E-state index contributed by atoms with van der Waals surface area (Å²) < 4.78 is 13.4. The van der Waals surface area contributed by atoms with Crippen LogP contribution in [0, 0.1) is 5.82 Å². The van der Waals surface area contributed by atoms with Crippen LogP contribution in [-0.4, -0.2) is 53.7 Å². The van der Waals surface area contributed by atoms with Gasteiger partial charge in [-0.2, -0.15) is 0 Å². The SMILES string of the molecule is CCCNC(=O)N1[C@H](CO)[C@@H](c2ccccc2)[C@H]1CNC(=O)c1cccc(F)c1. The molecule has 29 heavy (non-hydrogen) atoms. The van der Waals surface area contributed by atoms with Gasteiger partial charge in [0.15, 0.2) is 0 Å². The number of aliphatic hydroxyl groups is 1. The largest absolute Gasteiger partial charge is 0.394 e. The van der Waals surface area contributed by atoms with Gasteiger partial charge in [0.05, 0.1) is 18.7 Å². The van der Waals surface area contributed by atoms with E-state index < -0.39 is 11.7 Å². The summed E-state index contributed by atoms with van der Waals surface area (Å²) in [5, 5.41) is 15.6. The number of hydrogen-bond acceptors (Lipinski definition) is 3. The number of benzene rings is 2. The Labute approximate surface area is 169 Å². The van der Waals surface area contributed by atoms with Crippen LogP contribution < -0.4 is 10.6 Å². The topological polar surface area (TPSA) is 81.7 Å². The lowest BCUT2D eigenvalue weighted by Gasteiger charge is -2.54. The summed E-state index contributed by atoms with van der Waals surface area (Å²) in [7, 11) is 0. The maximum absolute atomic E-state index is 13.4. The number of halogens is 1. The van der Waals surface area contributed by atoms with Crippen LogP contribution >= 0.6 is 0 Å².